The number of nitrogens with one attached hydrogen (secondary N) is 1. The van der Waals surface area contributed by atoms with Crippen molar-refractivity contribution in [1.82, 2.24) is 10.3 Å². The van der Waals surface area contributed by atoms with Crippen molar-refractivity contribution in [2.24, 2.45) is 0 Å². The quantitative estimate of drug-likeness (QED) is 0.895. The van der Waals surface area contributed by atoms with Crippen LogP contribution in [0.3, 0.4) is 0 Å². The molecule has 0 amide bonds. The fraction of sp³-hybridized carbons (Fsp3) is 0.438. The van der Waals surface area contributed by atoms with Crippen molar-refractivity contribution in [3.8, 4) is 0 Å². The molecule has 0 aliphatic carbocycles. The van der Waals surface area contributed by atoms with Crippen LogP contribution in [-0.2, 0) is 11.3 Å². The van der Waals surface area contributed by atoms with Crippen LogP contribution in [0.1, 0.15) is 25.1 Å². The third-order valence-corrected chi connectivity index (χ3v) is 3.35. The molecule has 19 heavy (non-hydrogen) atoms. The number of aromatic nitrogens is 1. The topological polar surface area (TPSA) is 34.1 Å². The van der Waals surface area contributed by atoms with Gasteiger partial charge >= 0.3 is 0 Å². The van der Waals surface area contributed by atoms with Gasteiger partial charge < -0.3 is 10.1 Å². The van der Waals surface area contributed by atoms with Crippen molar-refractivity contribution in [3.63, 3.8) is 0 Å². The number of ether oxygens (including phenoxy) is 1. The number of rotatable bonds is 5. The Kier molecular flexibility index (Phi) is 4.17. The summed E-state index contributed by atoms with van der Waals surface area (Å²) in [6, 6.07) is 10.4. The van der Waals surface area contributed by atoms with E-state index < -0.39 is 0 Å². The highest BCUT2D eigenvalue weighted by molar-refractivity contribution is 5.82. The van der Waals surface area contributed by atoms with Gasteiger partial charge in [0.25, 0.3) is 0 Å². The Morgan fingerprint density at radius 2 is 2.00 bits per heavy atom. The molecule has 1 aromatic carbocycles. The average molecular weight is 258 g/mol. The van der Waals surface area contributed by atoms with Gasteiger partial charge in [-0.05, 0) is 38.5 Å². The molecule has 0 saturated carbocycles. The lowest BCUT2D eigenvalue weighted by molar-refractivity contribution is 0.0231. The smallest absolute Gasteiger partial charge is 0.0746 e. The highest BCUT2D eigenvalue weighted by atomic mass is 16.5. The van der Waals surface area contributed by atoms with Crippen LogP contribution in [-0.4, -0.2) is 24.2 Å². The number of methoxy groups -OCH3 is 1. The molecule has 2 rings (SSSR count). The lowest BCUT2D eigenvalue weighted by Crippen LogP contribution is -2.36. The van der Waals surface area contributed by atoms with Crippen molar-refractivity contribution < 1.29 is 4.74 Å². The molecule has 102 valence electrons. The van der Waals surface area contributed by atoms with Gasteiger partial charge in [-0.15, -0.1) is 0 Å². The molecule has 1 heterocycles. The van der Waals surface area contributed by atoms with E-state index in [1.807, 2.05) is 13.0 Å². The largest absolute Gasteiger partial charge is 0.377 e. The number of hydrogen-bond acceptors (Lipinski definition) is 3. The maximum Gasteiger partial charge on any atom is 0.0746 e. The van der Waals surface area contributed by atoms with E-state index in [1.54, 1.807) is 7.11 Å². The fourth-order valence-corrected chi connectivity index (χ4v) is 2.11. The molecule has 0 radical (unpaired) electrons. The molecule has 1 aromatic heterocycles. The van der Waals surface area contributed by atoms with Crippen molar-refractivity contribution in [3.05, 3.63) is 41.6 Å². The van der Waals surface area contributed by atoms with E-state index in [4.69, 9.17) is 4.74 Å². The molecule has 0 spiro atoms. The highest BCUT2D eigenvalue weighted by Crippen LogP contribution is 2.18. The minimum atomic E-state index is -0.141. The van der Waals surface area contributed by atoms with Gasteiger partial charge in [-0.25, -0.2) is 0 Å². The third kappa shape index (κ3) is 3.52. The van der Waals surface area contributed by atoms with E-state index in [1.165, 1.54) is 10.9 Å². The highest BCUT2D eigenvalue weighted by Gasteiger charge is 2.15. The maximum absolute atomic E-state index is 5.41. The van der Waals surface area contributed by atoms with Gasteiger partial charge in [0.05, 0.1) is 11.1 Å². The number of aryl methyl sites for hydroxylation is 1. The average Bonchev–Trinajstić information content (AvgIpc) is 2.38. The predicted molar refractivity (Wildman–Crippen MR) is 79.3 cm³/mol. The summed E-state index contributed by atoms with van der Waals surface area (Å²) < 4.78 is 5.41. The molecule has 0 aliphatic heterocycles. The van der Waals surface area contributed by atoms with Crippen LogP contribution in [0.2, 0.25) is 0 Å². The summed E-state index contributed by atoms with van der Waals surface area (Å²) in [7, 11) is 1.74. The zero-order chi connectivity index (χ0) is 13.9. The molecular formula is C16H22N2O. The zero-order valence-corrected chi connectivity index (χ0v) is 12.2. The number of nitrogens with zero attached hydrogens (tertiary/aromatic N) is 1. The first-order valence-corrected chi connectivity index (χ1v) is 6.63. The Morgan fingerprint density at radius 3 is 2.74 bits per heavy atom. The second-order valence-corrected chi connectivity index (χ2v) is 5.51. The summed E-state index contributed by atoms with van der Waals surface area (Å²) >= 11 is 0. The first-order valence-electron chi connectivity index (χ1n) is 6.63. The molecule has 0 aliphatic rings. The molecule has 1 N–H and O–H groups in total. The normalized spacial score (nSPS) is 12.0. The summed E-state index contributed by atoms with van der Waals surface area (Å²) in [5.74, 6) is 0. The van der Waals surface area contributed by atoms with Crippen LogP contribution < -0.4 is 5.32 Å². The van der Waals surface area contributed by atoms with E-state index in [-0.39, 0.29) is 5.60 Å². The van der Waals surface area contributed by atoms with Crippen LogP contribution in [0.25, 0.3) is 10.9 Å². The summed E-state index contributed by atoms with van der Waals surface area (Å²) in [5.41, 5.74) is 3.26. The van der Waals surface area contributed by atoms with Gasteiger partial charge in [0.2, 0.25) is 0 Å². The summed E-state index contributed by atoms with van der Waals surface area (Å²) in [6.07, 6.45) is 0. The Morgan fingerprint density at radius 1 is 1.26 bits per heavy atom. The van der Waals surface area contributed by atoms with Gasteiger partial charge in [0.1, 0.15) is 0 Å². The van der Waals surface area contributed by atoms with Gasteiger partial charge in [-0.2, -0.15) is 0 Å². The summed E-state index contributed by atoms with van der Waals surface area (Å²) in [4.78, 5) is 4.56. The predicted octanol–water partition coefficient (Wildman–Crippen LogP) is 3.06. The minimum Gasteiger partial charge on any atom is -0.377 e. The van der Waals surface area contributed by atoms with E-state index in [0.717, 1.165) is 24.3 Å². The Labute approximate surface area is 115 Å². The van der Waals surface area contributed by atoms with E-state index in [0.29, 0.717) is 0 Å². The van der Waals surface area contributed by atoms with Crippen molar-refractivity contribution in [2.75, 3.05) is 13.7 Å². The van der Waals surface area contributed by atoms with Gasteiger partial charge in [0, 0.05) is 31.3 Å². The van der Waals surface area contributed by atoms with Crippen LogP contribution in [0, 0.1) is 6.92 Å². The summed E-state index contributed by atoms with van der Waals surface area (Å²) in [6.45, 7) is 7.84. The Balaban J connectivity index is 2.16. The lowest BCUT2D eigenvalue weighted by Gasteiger charge is -2.23. The number of fused-ring (bicyclic) bond motifs is 1. The monoisotopic (exact) mass is 258 g/mol. The van der Waals surface area contributed by atoms with Crippen LogP contribution in [0.15, 0.2) is 30.3 Å². The number of benzene rings is 1. The van der Waals surface area contributed by atoms with Crippen molar-refractivity contribution in [1.29, 1.82) is 0 Å². The lowest BCUT2D eigenvalue weighted by atomic mass is 10.1. The molecule has 0 unspecified atom stereocenters. The molecule has 0 atom stereocenters. The standard InChI is InChI=1S/C16H22N2O/c1-12-9-13(10-17-11-16(2,3)19-4)14-7-5-6-8-15(14)18-12/h5-9,17H,10-11H2,1-4H3. The Hall–Kier alpha value is -1.45. The molecular weight excluding hydrogens is 236 g/mol. The van der Waals surface area contributed by atoms with E-state index in [2.05, 4.69) is 48.4 Å². The van der Waals surface area contributed by atoms with Gasteiger partial charge in [-0.3, -0.25) is 4.98 Å². The first kappa shape index (κ1) is 14.0. The molecule has 3 nitrogen and oxygen atoms in total. The Bertz CT molecular complexity index is 564. The molecule has 0 bridgehead atoms. The van der Waals surface area contributed by atoms with Crippen LogP contribution in [0.4, 0.5) is 0 Å². The molecule has 2 aromatic rings. The SMILES string of the molecule is COC(C)(C)CNCc1cc(C)nc2ccccc12. The molecule has 3 heteroatoms. The molecule has 0 saturated heterocycles. The van der Waals surface area contributed by atoms with Crippen LogP contribution in [0.5, 0.6) is 0 Å². The number of hydrogen-bond donors (Lipinski definition) is 1. The van der Waals surface area contributed by atoms with Gasteiger partial charge in [-0.1, -0.05) is 18.2 Å². The fourth-order valence-electron chi connectivity index (χ4n) is 2.11. The van der Waals surface area contributed by atoms with E-state index >= 15 is 0 Å². The van der Waals surface area contributed by atoms with Crippen LogP contribution >= 0.6 is 0 Å². The van der Waals surface area contributed by atoms with Crippen molar-refractivity contribution in [2.45, 2.75) is 32.9 Å². The number of para-hydroxylation sites is 1. The first-order chi connectivity index (χ1) is 9.02. The second-order valence-electron chi connectivity index (χ2n) is 5.51. The second kappa shape index (κ2) is 5.68. The van der Waals surface area contributed by atoms with Gasteiger partial charge in [0.15, 0.2) is 0 Å². The molecule has 0 fully saturated rings. The van der Waals surface area contributed by atoms with Crippen molar-refractivity contribution >= 4 is 10.9 Å². The van der Waals surface area contributed by atoms with E-state index in [9.17, 15) is 0 Å². The zero-order valence-electron chi connectivity index (χ0n) is 12.2. The summed E-state index contributed by atoms with van der Waals surface area (Å²) in [5, 5.41) is 4.68. The maximum atomic E-state index is 5.41. The number of pyridine rings is 1. The minimum absolute atomic E-state index is 0.141. The third-order valence-electron chi connectivity index (χ3n) is 3.35.